The van der Waals surface area contributed by atoms with Crippen LogP contribution in [0.2, 0.25) is 0 Å². The molecule has 1 heterocycles. The van der Waals surface area contributed by atoms with Crippen LogP contribution < -0.4 is 19.6 Å². The highest BCUT2D eigenvalue weighted by Crippen LogP contribution is 2.31. The highest BCUT2D eigenvalue weighted by atomic mass is 32.2. The van der Waals surface area contributed by atoms with Crippen LogP contribution in [0.4, 0.5) is 0 Å². The van der Waals surface area contributed by atoms with E-state index in [0.717, 1.165) is 0 Å². The van der Waals surface area contributed by atoms with Gasteiger partial charge in [-0.05, 0) is 30.3 Å². The largest absolute Gasteiger partial charge is 0.497 e. The van der Waals surface area contributed by atoms with E-state index in [1.54, 1.807) is 6.07 Å². The predicted molar refractivity (Wildman–Crippen MR) is 96.1 cm³/mol. The summed E-state index contributed by atoms with van der Waals surface area (Å²) < 4.78 is 41.1. The molecule has 0 saturated heterocycles. The van der Waals surface area contributed by atoms with Crippen molar-refractivity contribution < 1.29 is 22.6 Å². The van der Waals surface area contributed by atoms with Crippen LogP contribution in [0.25, 0.3) is 10.9 Å². The molecule has 0 aliphatic rings. The molecule has 0 amide bonds. The van der Waals surface area contributed by atoms with E-state index in [9.17, 15) is 13.2 Å². The first-order chi connectivity index (χ1) is 12.4. The van der Waals surface area contributed by atoms with E-state index in [-0.39, 0.29) is 15.2 Å². The number of aromatic nitrogens is 1. The molecule has 0 spiro atoms. The minimum Gasteiger partial charge on any atom is -0.497 e. The van der Waals surface area contributed by atoms with E-state index < -0.39 is 15.3 Å². The third-order valence-corrected chi connectivity index (χ3v) is 5.79. The fraction of sp³-hybridized carbons (Fsp3) is 0.167. The maximum Gasteiger partial charge on any atom is 0.211 e. The van der Waals surface area contributed by atoms with E-state index in [1.807, 2.05) is 0 Å². The quantitative estimate of drug-likeness (QED) is 0.736. The van der Waals surface area contributed by atoms with Gasteiger partial charge in [-0.1, -0.05) is 0 Å². The van der Waals surface area contributed by atoms with Gasteiger partial charge in [0.15, 0.2) is 11.5 Å². The van der Waals surface area contributed by atoms with Gasteiger partial charge in [-0.15, -0.1) is 0 Å². The number of pyridine rings is 1. The Labute approximate surface area is 150 Å². The number of ether oxygens (including phenoxy) is 3. The third-order valence-electron chi connectivity index (χ3n) is 4.01. The molecule has 136 valence electrons. The Kier molecular flexibility index (Phi) is 4.60. The molecular weight excluding hydrogens is 358 g/mol. The van der Waals surface area contributed by atoms with Crippen LogP contribution in [-0.2, 0) is 9.84 Å². The molecule has 0 aliphatic heterocycles. The molecule has 0 atom stereocenters. The summed E-state index contributed by atoms with van der Waals surface area (Å²) in [7, 11) is 0.409. The molecule has 0 radical (unpaired) electrons. The van der Waals surface area contributed by atoms with Crippen molar-refractivity contribution in [2.24, 2.45) is 0 Å². The number of sulfone groups is 1. The average Bonchev–Trinajstić information content (AvgIpc) is 2.67. The van der Waals surface area contributed by atoms with Gasteiger partial charge in [-0.2, -0.15) is 0 Å². The lowest BCUT2D eigenvalue weighted by Gasteiger charge is -2.10. The first-order valence-corrected chi connectivity index (χ1v) is 9.07. The van der Waals surface area contributed by atoms with Gasteiger partial charge in [-0.3, -0.25) is 4.79 Å². The first-order valence-electron chi connectivity index (χ1n) is 7.59. The van der Waals surface area contributed by atoms with Crippen molar-refractivity contribution in [1.29, 1.82) is 0 Å². The van der Waals surface area contributed by atoms with E-state index >= 15 is 0 Å². The average molecular weight is 375 g/mol. The van der Waals surface area contributed by atoms with Crippen molar-refractivity contribution in [3.8, 4) is 17.2 Å². The number of H-pyrrole nitrogens is 1. The lowest BCUT2D eigenvalue weighted by molar-refractivity contribution is 0.355. The number of benzene rings is 2. The summed E-state index contributed by atoms with van der Waals surface area (Å²) in [6.07, 6.45) is 1.19. The van der Waals surface area contributed by atoms with Gasteiger partial charge in [0.1, 0.15) is 10.6 Å². The van der Waals surface area contributed by atoms with Crippen LogP contribution in [0.15, 0.2) is 57.2 Å². The number of fused-ring (bicyclic) bond motifs is 1. The van der Waals surface area contributed by atoms with E-state index in [0.29, 0.717) is 22.8 Å². The standard InChI is InChI=1S/C18H17NO6S/c1-23-11-4-6-12(7-5-11)26(21,22)17-10-19-14-9-16(25-3)15(24-2)8-13(14)18(17)20/h4-10H,1-3H3,(H,19,20). The Hall–Kier alpha value is -3.00. The Morgan fingerprint density at radius 3 is 2.08 bits per heavy atom. The Morgan fingerprint density at radius 2 is 1.50 bits per heavy atom. The van der Waals surface area contributed by atoms with Crippen molar-refractivity contribution in [2.45, 2.75) is 9.79 Å². The maximum absolute atomic E-state index is 12.9. The Morgan fingerprint density at radius 1 is 0.885 bits per heavy atom. The van der Waals surface area contributed by atoms with E-state index in [1.165, 1.54) is 57.9 Å². The third kappa shape index (κ3) is 2.88. The molecule has 0 bridgehead atoms. The zero-order valence-corrected chi connectivity index (χ0v) is 15.2. The number of rotatable bonds is 5. The number of nitrogens with one attached hydrogen (secondary N) is 1. The van der Waals surface area contributed by atoms with E-state index in [4.69, 9.17) is 14.2 Å². The van der Waals surface area contributed by atoms with Crippen LogP contribution in [0.5, 0.6) is 17.2 Å². The van der Waals surface area contributed by atoms with Gasteiger partial charge in [-0.25, -0.2) is 8.42 Å². The number of methoxy groups -OCH3 is 3. The van der Waals surface area contributed by atoms with Crippen LogP contribution in [0.1, 0.15) is 0 Å². The maximum atomic E-state index is 12.9. The lowest BCUT2D eigenvalue weighted by atomic mass is 10.2. The van der Waals surface area contributed by atoms with Crippen molar-refractivity contribution in [3.63, 3.8) is 0 Å². The van der Waals surface area contributed by atoms with Gasteiger partial charge in [0.05, 0.1) is 37.1 Å². The summed E-state index contributed by atoms with van der Waals surface area (Å²) >= 11 is 0. The minimum absolute atomic E-state index is 0.00336. The normalized spacial score (nSPS) is 11.3. The highest BCUT2D eigenvalue weighted by molar-refractivity contribution is 7.91. The fourth-order valence-corrected chi connectivity index (χ4v) is 3.93. The van der Waals surface area contributed by atoms with Crippen LogP contribution in [0.3, 0.4) is 0 Å². The lowest BCUT2D eigenvalue weighted by Crippen LogP contribution is -2.16. The molecule has 1 aromatic heterocycles. The number of hydrogen-bond acceptors (Lipinski definition) is 6. The second-order valence-electron chi connectivity index (χ2n) is 5.41. The van der Waals surface area contributed by atoms with Gasteiger partial charge >= 0.3 is 0 Å². The Balaban J connectivity index is 2.21. The molecule has 7 nitrogen and oxygen atoms in total. The monoisotopic (exact) mass is 375 g/mol. The summed E-state index contributed by atoms with van der Waals surface area (Å²) in [5.74, 6) is 1.29. The van der Waals surface area contributed by atoms with Gasteiger partial charge in [0.25, 0.3) is 0 Å². The summed E-state index contributed by atoms with van der Waals surface area (Å²) in [5, 5.41) is 0.192. The number of hydrogen-bond donors (Lipinski definition) is 1. The first kappa shape index (κ1) is 17.8. The molecule has 8 heteroatoms. The topological polar surface area (TPSA) is 94.7 Å². The zero-order chi connectivity index (χ0) is 18.9. The molecule has 3 rings (SSSR count). The van der Waals surface area contributed by atoms with Crippen molar-refractivity contribution in [2.75, 3.05) is 21.3 Å². The minimum atomic E-state index is -3.99. The smallest absolute Gasteiger partial charge is 0.211 e. The highest BCUT2D eigenvalue weighted by Gasteiger charge is 2.23. The van der Waals surface area contributed by atoms with E-state index in [2.05, 4.69) is 4.98 Å². The van der Waals surface area contributed by atoms with Crippen molar-refractivity contribution in [3.05, 3.63) is 52.8 Å². The second-order valence-corrected chi connectivity index (χ2v) is 7.33. The van der Waals surface area contributed by atoms with Crippen LogP contribution in [0, 0.1) is 0 Å². The Bertz CT molecular complexity index is 1120. The molecular formula is C18H17NO6S. The molecule has 2 aromatic carbocycles. The van der Waals surface area contributed by atoms with Gasteiger partial charge < -0.3 is 19.2 Å². The summed E-state index contributed by atoms with van der Waals surface area (Å²) in [6, 6.07) is 8.88. The predicted octanol–water partition coefficient (Wildman–Crippen LogP) is 2.39. The fourth-order valence-electron chi connectivity index (χ4n) is 2.61. The zero-order valence-electron chi connectivity index (χ0n) is 14.4. The molecule has 0 fully saturated rings. The van der Waals surface area contributed by atoms with Gasteiger partial charge in [0.2, 0.25) is 15.3 Å². The molecule has 0 aliphatic carbocycles. The van der Waals surface area contributed by atoms with Crippen LogP contribution >= 0.6 is 0 Å². The molecule has 26 heavy (non-hydrogen) atoms. The molecule has 1 N–H and O–H groups in total. The summed E-state index contributed by atoms with van der Waals surface area (Å²) in [5.41, 5.74) is -0.170. The summed E-state index contributed by atoms with van der Waals surface area (Å²) in [6.45, 7) is 0. The van der Waals surface area contributed by atoms with Crippen molar-refractivity contribution >= 4 is 20.7 Å². The molecule has 0 saturated carbocycles. The van der Waals surface area contributed by atoms with Crippen LogP contribution in [-0.4, -0.2) is 34.7 Å². The SMILES string of the molecule is COc1ccc(S(=O)(=O)c2c[nH]c3cc(OC)c(OC)cc3c2=O)cc1. The molecule has 3 aromatic rings. The van der Waals surface area contributed by atoms with Crippen molar-refractivity contribution in [1.82, 2.24) is 4.98 Å². The molecule has 0 unspecified atom stereocenters. The van der Waals surface area contributed by atoms with Gasteiger partial charge in [0, 0.05) is 12.3 Å². The second kappa shape index (κ2) is 6.72. The number of aromatic amines is 1. The summed E-state index contributed by atoms with van der Waals surface area (Å²) in [4.78, 5) is 15.3.